The highest BCUT2D eigenvalue weighted by Gasteiger charge is 2.60. The van der Waals surface area contributed by atoms with E-state index in [9.17, 15) is 4.79 Å². The highest BCUT2D eigenvalue weighted by atomic mass is 16.8. The molecule has 6 atom stereocenters. The summed E-state index contributed by atoms with van der Waals surface area (Å²) in [5.41, 5.74) is 0. The third kappa shape index (κ3) is 3.55. The van der Waals surface area contributed by atoms with Gasteiger partial charge in [-0.3, -0.25) is 4.79 Å². The van der Waals surface area contributed by atoms with Gasteiger partial charge < -0.3 is 28.4 Å². The minimum Gasteiger partial charge on any atom is -0.456 e. The molecule has 0 aromatic heterocycles. The Kier molecular flexibility index (Phi) is 4.64. The normalized spacial score (nSPS) is 43.4. The summed E-state index contributed by atoms with van der Waals surface area (Å²) in [6, 6.07) is 0. The fourth-order valence-corrected chi connectivity index (χ4v) is 4.05. The van der Waals surface area contributed by atoms with Crippen LogP contribution in [-0.4, -0.2) is 54.9 Å². The van der Waals surface area contributed by atoms with E-state index < -0.39 is 36.2 Å². The van der Waals surface area contributed by atoms with E-state index in [-0.39, 0.29) is 18.0 Å². The van der Waals surface area contributed by atoms with Crippen LogP contribution in [0.3, 0.4) is 0 Å². The van der Waals surface area contributed by atoms with Crippen LogP contribution in [0.2, 0.25) is 0 Å². The average molecular weight is 368 g/mol. The van der Waals surface area contributed by atoms with Gasteiger partial charge in [-0.15, -0.1) is 0 Å². The van der Waals surface area contributed by atoms with Gasteiger partial charge in [-0.25, -0.2) is 0 Å². The Balaban J connectivity index is 1.51. The number of hydrogen-bond acceptors (Lipinski definition) is 7. The fourth-order valence-electron chi connectivity index (χ4n) is 4.05. The molecule has 1 aliphatic carbocycles. The van der Waals surface area contributed by atoms with Crippen LogP contribution in [0, 0.1) is 5.92 Å². The summed E-state index contributed by atoms with van der Waals surface area (Å²) in [4.78, 5) is 12.7. The van der Waals surface area contributed by atoms with E-state index in [1.54, 1.807) is 0 Å². The Morgan fingerprint density at radius 3 is 2.54 bits per heavy atom. The first-order valence-corrected chi connectivity index (χ1v) is 9.44. The standard InChI is InChI=1S/C19H28O7/c1-18(2)21-10-12(24-18)13-14(15-17(23-13)26-19(3,4)25-15)22-16(20)11-8-6-5-7-9-11/h6,8,11-15,17H,5,7,9-10H2,1-4H3/t11-,12-,13-,14+,15-,17-/m1/s1. The molecule has 0 bridgehead atoms. The van der Waals surface area contributed by atoms with Crippen molar-refractivity contribution < 1.29 is 33.2 Å². The average Bonchev–Trinajstić information content (AvgIpc) is 3.18. The van der Waals surface area contributed by atoms with Gasteiger partial charge in [0.15, 0.2) is 30.1 Å². The molecular weight excluding hydrogens is 340 g/mol. The molecule has 0 N–H and O–H groups in total. The predicted molar refractivity (Wildman–Crippen MR) is 90.0 cm³/mol. The first kappa shape index (κ1) is 18.4. The molecule has 0 radical (unpaired) electrons. The van der Waals surface area contributed by atoms with Crippen LogP contribution in [0.1, 0.15) is 47.0 Å². The van der Waals surface area contributed by atoms with Crippen molar-refractivity contribution in [3.63, 3.8) is 0 Å². The molecule has 3 fully saturated rings. The largest absolute Gasteiger partial charge is 0.456 e. The Bertz CT molecular complexity index is 584. The zero-order valence-electron chi connectivity index (χ0n) is 15.8. The maximum Gasteiger partial charge on any atom is 0.313 e. The molecule has 0 aromatic rings. The second kappa shape index (κ2) is 6.56. The van der Waals surface area contributed by atoms with E-state index in [0.29, 0.717) is 6.61 Å². The van der Waals surface area contributed by atoms with Gasteiger partial charge >= 0.3 is 5.97 Å². The highest BCUT2D eigenvalue weighted by Crippen LogP contribution is 2.42. The van der Waals surface area contributed by atoms with Crippen LogP contribution in [-0.2, 0) is 33.2 Å². The van der Waals surface area contributed by atoms with Gasteiger partial charge in [-0.05, 0) is 47.0 Å². The number of hydrogen-bond donors (Lipinski definition) is 0. The van der Waals surface area contributed by atoms with E-state index in [2.05, 4.69) is 0 Å². The predicted octanol–water partition coefficient (Wildman–Crippen LogP) is 2.28. The van der Waals surface area contributed by atoms with Gasteiger partial charge in [-0.2, -0.15) is 0 Å². The SMILES string of the molecule is CC1(C)O[C@H]2O[C@H]([C@H]3COC(C)(C)O3)[C@H](OC(=O)[C@@H]3C=CCCC3)[C@H]2O1. The smallest absolute Gasteiger partial charge is 0.313 e. The van der Waals surface area contributed by atoms with Crippen molar-refractivity contribution in [1.29, 1.82) is 0 Å². The Morgan fingerprint density at radius 1 is 1.08 bits per heavy atom. The minimum absolute atomic E-state index is 0.212. The summed E-state index contributed by atoms with van der Waals surface area (Å²) in [5.74, 6) is -1.92. The maximum atomic E-state index is 12.7. The van der Waals surface area contributed by atoms with Crippen LogP contribution < -0.4 is 0 Å². The van der Waals surface area contributed by atoms with E-state index in [1.807, 2.05) is 39.8 Å². The van der Waals surface area contributed by atoms with E-state index >= 15 is 0 Å². The topological polar surface area (TPSA) is 72.5 Å². The first-order chi connectivity index (χ1) is 12.2. The van der Waals surface area contributed by atoms with Crippen molar-refractivity contribution in [1.82, 2.24) is 0 Å². The number of fused-ring (bicyclic) bond motifs is 1. The third-order valence-electron chi connectivity index (χ3n) is 5.23. The number of carbonyl (C=O) groups excluding carboxylic acids is 1. The second-order valence-corrected chi connectivity index (χ2v) is 8.30. The van der Waals surface area contributed by atoms with E-state index in [0.717, 1.165) is 19.3 Å². The van der Waals surface area contributed by atoms with Crippen molar-refractivity contribution >= 4 is 5.97 Å². The number of ether oxygens (including phenoxy) is 6. The van der Waals surface area contributed by atoms with Crippen molar-refractivity contribution in [2.75, 3.05) is 6.61 Å². The van der Waals surface area contributed by atoms with Gasteiger partial charge in [0.2, 0.25) is 0 Å². The van der Waals surface area contributed by atoms with Crippen molar-refractivity contribution in [2.24, 2.45) is 5.92 Å². The molecule has 0 saturated carbocycles. The molecule has 4 rings (SSSR count). The van der Waals surface area contributed by atoms with Crippen LogP contribution in [0.25, 0.3) is 0 Å². The quantitative estimate of drug-likeness (QED) is 0.559. The summed E-state index contributed by atoms with van der Waals surface area (Å²) < 4.78 is 35.4. The molecule has 0 spiro atoms. The van der Waals surface area contributed by atoms with Crippen molar-refractivity contribution in [2.45, 2.75) is 89.2 Å². The molecule has 0 aromatic carbocycles. The Morgan fingerprint density at radius 2 is 1.88 bits per heavy atom. The third-order valence-corrected chi connectivity index (χ3v) is 5.23. The van der Waals surface area contributed by atoms with Gasteiger partial charge in [0.25, 0.3) is 0 Å². The lowest BCUT2D eigenvalue weighted by Crippen LogP contribution is -2.45. The molecule has 26 heavy (non-hydrogen) atoms. The molecule has 0 amide bonds. The molecule has 7 nitrogen and oxygen atoms in total. The molecule has 3 heterocycles. The summed E-state index contributed by atoms with van der Waals surface area (Å²) in [7, 11) is 0. The van der Waals surface area contributed by atoms with Gasteiger partial charge in [0.05, 0.1) is 12.5 Å². The summed E-state index contributed by atoms with van der Waals surface area (Å²) in [6.07, 6.45) is 4.31. The van der Waals surface area contributed by atoms with Gasteiger partial charge in [-0.1, -0.05) is 12.2 Å². The number of rotatable bonds is 3. The molecule has 3 aliphatic heterocycles. The van der Waals surface area contributed by atoms with Crippen LogP contribution >= 0.6 is 0 Å². The summed E-state index contributed by atoms with van der Waals surface area (Å²) in [5, 5.41) is 0. The number of carbonyl (C=O) groups is 1. The first-order valence-electron chi connectivity index (χ1n) is 9.44. The fraction of sp³-hybridized carbons (Fsp3) is 0.842. The lowest BCUT2D eigenvalue weighted by atomic mass is 9.96. The monoisotopic (exact) mass is 368 g/mol. The van der Waals surface area contributed by atoms with Crippen LogP contribution in [0.5, 0.6) is 0 Å². The zero-order chi connectivity index (χ0) is 18.5. The van der Waals surface area contributed by atoms with Crippen LogP contribution in [0.4, 0.5) is 0 Å². The van der Waals surface area contributed by atoms with Crippen molar-refractivity contribution in [3.05, 3.63) is 12.2 Å². The second-order valence-electron chi connectivity index (χ2n) is 8.30. The van der Waals surface area contributed by atoms with Crippen molar-refractivity contribution in [3.8, 4) is 0 Å². The van der Waals surface area contributed by atoms with E-state index in [1.165, 1.54) is 0 Å². The zero-order valence-corrected chi connectivity index (χ0v) is 15.8. The van der Waals surface area contributed by atoms with Gasteiger partial charge in [0.1, 0.15) is 12.2 Å². The number of allylic oxidation sites excluding steroid dienone is 1. The molecule has 4 aliphatic rings. The summed E-state index contributed by atoms with van der Waals surface area (Å²) >= 11 is 0. The Labute approximate surface area is 153 Å². The molecule has 3 saturated heterocycles. The molecule has 7 heteroatoms. The minimum atomic E-state index is -0.776. The Hall–Kier alpha value is -0.990. The molecular formula is C19H28O7. The van der Waals surface area contributed by atoms with Crippen LogP contribution in [0.15, 0.2) is 12.2 Å². The summed E-state index contributed by atoms with van der Waals surface area (Å²) in [6.45, 7) is 7.73. The number of esters is 1. The molecule has 146 valence electrons. The maximum absolute atomic E-state index is 12.7. The lowest BCUT2D eigenvalue weighted by molar-refractivity contribution is -0.235. The lowest BCUT2D eigenvalue weighted by Gasteiger charge is -2.29. The van der Waals surface area contributed by atoms with Gasteiger partial charge in [0, 0.05) is 0 Å². The highest BCUT2D eigenvalue weighted by molar-refractivity contribution is 5.75. The molecule has 0 unspecified atom stereocenters. The van der Waals surface area contributed by atoms with E-state index in [4.69, 9.17) is 28.4 Å².